The Kier molecular flexibility index (Phi) is 3.23. The van der Waals surface area contributed by atoms with Crippen molar-refractivity contribution in [3.63, 3.8) is 0 Å². The van der Waals surface area contributed by atoms with Gasteiger partial charge in [-0.2, -0.15) is 0 Å². The molecular formula is C11H14N4OS. The van der Waals surface area contributed by atoms with Gasteiger partial charge in [-0.25, -0.2) is 0 Å². The molecule has 0 spiro atoms. The lowest BCUT2D eigenvalue weighted by Crippen LogP contribution is -2.48. The number of anilines is 1. The number of amides is 1. The Balaban J connectivity index is 2.13. The fraction of sp³-hybridized carbons (Fsp3) is 0.364. The minimum Gasteiger partial charge on any atom is -0.388 e. The molecule has 0 bridgehead atoms. The van der Waals surface area contributed by atoms with Crippen LogP contribution in [0.5, 0.6) is 0 Å². The third-order valence-corrected chi connectivity index (χ3v) is 3.03. The molecule has 1 aliphatic heterocycles. The highest BCUT2D eigenvalue weighted by atomic mass is 32.1. The van der Waals surface area contributed by atoms with E-state index in [2.05, 4.69) is 4.98 Å². The normalized spacial score (nSPS) is 16.2. The summed E-state index contributed by atoms with van der Waals surface area (Å²) in [7, 11) is 1.81. The molecule has 5 nitrogen and oxygen atoms in total. The van der Waals surface area contributed by atoms with Gasteiger partial charge in [0, 0.05) is 20.1 Å². The summed E-state index contributed by atoms with van der Waals surface area (Å²) in [5, 5.41) is 0. The summed E-state index contributed by atoms with van der Waals surface area (Å²) < 4.78 is 0. The molecule has 2 rings (SSSR count). The summed E-state index contributed by atoms with van der Waals surface area (Å²) in [5.41, 5.74) is 7.00. The van der Waals surface area contributed by atoms with Crippen LogP contribution in [0.3, 0.4) is 0 Å². The number of nitrogens with two attached hydrogens (primary N) is 1. The van der Waals surface area contributed by atoms with Crippen LogP contribution in [0.4, 0.5) is 5.69 Å². The molecular weight excluding hydrogens is 236 g/mol. The zero-order valence-corrected chi connectivity index (χ0v) is 10.4. The van der Waals surface area contributed by atoms with Gasteiger partial charge in [-0.1, -0.05) is 12.2 Å². The number of nitrogens with zero attached hydrogens (tertiary/aromatic N) is 3. The first-order valence-corrected chi connectivity index (χ1v) is 5.73. The maximum atomic E-state index is 11.6. The van der Waals surface area contributed by atoms with Crippen molar-refractivity contribution in [1.29, 1.82) is 0 Å². The Morgan fingerprint density at radius 2 is 2.24 bits per heavy atom. The Hall–Kier alpha value is -1.69. The largest absolute Gasteiger partial charge is 0.388 e. The second kappa shape index (κ2) is 4.67. The Morgan fingerprint density at radius 3 is 2.76 bits per heavy atom. The summed E-state index contributed by atoms with van der Waals surface area (Å²) in [5.74, 6) is 0.120. The number of thiocarbonyl (C=S) groups is 1. The summed E-state index contributed by atoms with van der Waals surface area (Å²) >= 11 is 4.84. The van der Waals surface area contributed by atoms with Crippen LogP contribution in [0.25, 0.3) is 0 Å². The molecule has 0 aromatic carbocycles. The third-order valence-electron chi connectivity index (χ3n) is 2.82. The van der Waals surface area contributed by atoms with Gasteiger partial charge in [0.2, 0.25) is 5.91 Å². The molecule has 1 aliphatic rings. The fourth-order valence-corrected chi connectivity index (χ4v) is 1.82. The Morgan fingerprint density at radius 1 is 1.47 bits per heavy atom. The Labute approximate surface area is 105 Å². The van der Waals surface area contributed by atoms with Gasteiger partial charge < -0.3 is 15.5 Å². The molecule has 0 radical (unpaired) electrons. The van der Waals surface area contributed by atoms with Gasteiger partial charge >= 0.3 is 0 Å². The molecule has 6 heteroatoms. The van der Waals surface area contributed by atoms with Crippen LogP contribution >= 0.6 is 12.2 Å². The average Bonchev–Trinajstić information content (AvgIpc) is 2.33. The monoisotopic (exact) mass is 250 g/mol. The number of likely N-dealkylation sites (N-methyl/N-ethyl adjacent to an activating group) is 1. The first-order valence-electron chi connectivity index (χ1n) is 5.32. The van der Waals surface area contributed by atoms with Gasteiger partial charge in [0.1, 0.15) is 4.99 Å². The van der Waals surface area contributed by atoms with E-state index in [1.165, 1.54) is 0 Å². The highest BCUT2D eigenvalue weighted by Crippen LogP contribution is 2.15. The summed E-state index contributed by atoms with van der Waals surface area (Å²) in [6, 6.07) is 3.67. The number of rotatable bonds is 2. The van der Waals surface area contributed by atoms with E-state index in [0.717, 1.165) is 18.8 Å². The molecule has 90 valence electrons. The molecule has 0 saturated carbocycles. The topological polar surface area (TPSA) is 62.5 Å². The Bertz CT molecular complexity index is 445. The molecule has 1 aromatic rings. The standard InChI is InChI=1S/C11H14N4OS/c1-14-4-5-15(7-10(14)16)8-2-3-9(11(12)17)13-6-8/h2-3,6H,4-5,7H2,1H3,(H2,12,17). The van der Waals surface area contributed by atoms with Crippen LogP contribution in [0.2, 0.25) is 0 Å². The van der Waals surface area contributed by atoms with E-state index in [1.54, 1.807) is 17.2 Å². The van der Waals surface area contributed by atoms with Crippen molar-refractivity contribution in [2.75, 3.05) is 31.6 Å². The number of piperazine rings is 1. The quantitative estimate of drug-likeness (QED) is 0.748. The van der Waals surface area contributed by atoms with Crippen molar-refractivity contribution in [1.82, 2.24) is 9.88 Å². The zero-order chi connectivity index (χ0) is 12.4. The van der Waals surface area contributed by atoms with Gasteiger partial charge in [-0.15, -0.1) is 0 Å². The summed E-state index contributed by atoms with van der Waals surface area (Å²) in [6.45, 7) is 1.94. The SMILES string of the molecule is CN1CCN(c2ccc(C(N)=S)nc2)CC1=O. The first kappa shape index (κ1) is 11.8. The first-order chi connectivity index (χ1) is 8.08. The second-order valence-corrected chi connectivity index (χ2v) is 4.44. The molecule has 0 aliphatic carbocycles. The van der Waals surface area contributed by atoms with Gasteiger partial charge in [0.05, 0.1) is 24.1 Å². The maximum Gasteiger partial charge on any atom is 0.241 e. The van der Waals surface area contributed by atoms with Crippen molar-refractivity contribution < 1.29 is 4.79 Å². The molecule has 0 unspecified atom stereocenters. The number of hydrogen-bond acceptors (Lipinski definition) is 4. The number of aromatic nitrogens is 1. The van der Waals surface area contributed by atoms with Gasteiger partial charge in [0.25, 0.3) is 0 Å². The molecule has 1 aromatic heterocycles. The third kappa shape index (κ3) is 2.52. The lowest BCUT2D eigenvalue weighted by Gasteiger charge is -2.33. The average molecular weight is 250 g/mol. The summed E-state index contributed by atoms with van der Waals surface area (Å²) in [4.78, 5) is 19.8. The van der Waals surface area contributed by atoms with E-state index in [4.69, 9.17) is 18.0 Å². The number of pyridine rings is 1. The van der Waals surface area contributed by atoms with Crippen molar-refractivity contribution in [3.8, 4) is 0 Å². The van der Waals surface area contributed by atoms with Crippen LogP contribution in [0, 0.1) is 0 Å². The lowest BCUT2D eigenvalue weighted by molar-refractivity contribution is -0.129. The summed E-state index contributed by atoms with van der Waals surface area (Å²) in [6.07, 6.45) is 1.70. The van der Waals surface area contributed by atoms with E-state index in [9.17, 15) is 4.79 Å². The van der Waals surface area contributed by atoms with E-state index in [0.29, 0.717) is 12.2 Å². The number of hydrogen-bond donors (Lipinski definition) is 1. The van der Waals surface area contributed by atoms with E-state index in [-0.39, 0.29) is 10.9 Å². The van der Waals surface area contributed by atoms with Crippen molar-refractivity contribution in [3.05, 3.63) is 24.0 Å². The van der Waals surface area contributed by atoms with Crippen molar-refractivity contribution in [2.45, 2.75) is 0 Å². The fourth-order valence-electron chi connectivity index (χ4n) is 1.70. The minimum absolute atomic E-state index is 0.120. The molecule has 2 heterocycles. The molecule has 1 fully saturated rings. The van der Waals surface area contributed by atoms with Crippen LogP contribution in [0.1, 0.15) is 5.69 Å². The smallest absolute Gasteiger partial charge is 0.241 e. The molecule has 1 saturated heterocycles. The molecule has 2 N–H and O–H groups in total. The van der Waals surface area contributed by atoms with Gasteiger partial charge in [-0.05, 0) is 12.1 Å². The second-order valence-electron chi connectivity index (χ2n) is 4.00. The number of carbonyl (C=O) groups is 1. The number of carbonyl (C=O) groups excluding carboxylic acids is 1. The molecule has 17 heavy (non-hydrogen) atoms. The highest BCUT2D eigenvalue weighted by molar-refractivity contribution is 7.80. The van der Waals surface area contributed by atoms with E-state index < -0.39 is 0 Å². The highest BCUT2D eigenvalue weighted by Gasteiger charge is 2.21. The van der Waals surface area contributed by atoms with Crippen molar-refractivity contribution >= 4 is 28.8 Å². The van der Waals surface area contributed by atoms with Gasteiger partial charge in [-0.3, -0.25) is 9.78 Å². The van der Waals surface area contributed by atoms with E-state index in [1.807, 2.05) is 18.0 Å². The van der Waals surface area contributed by atoms with Crippen LogP contribution < -0.4 is 10.6 Å². The maximum absolute atomic E-state index is 11.6. The molecule has 0 atom stereocenters. The minimum atomic E-state index is 0.120. The van der Waals surface area contributed by atoms with Crippen molar-refractivity contribution in [2.24, 2.45) is 5.73 Å². The van der Waals surface area contributed by atoms with Crippen LogP contribution in [-0.4, -0.2) is 47.5 Å². The molecule has 1 amide bonds. The van der Waals surface area contributed by atoms with Gasteiger partial charge in [0.15, 0.2) is 0 Å². The predicted octanol–water partition coefficient (Wildman–Crippen LogP) is -0.00580. The van der Waals surface area contributed by atoms with Crippen LogP contribution in [-0.2, 0) is 4.79 Å². The predicted molar refractivity (Wildman–Crippen MR) is 70.0 cm³/mol. The van der Waals surface area contributed by atoms with E-state index >= 15 is 0 Å². The van der Waals surface area contributed by atoms with Crippen LogP contribution in [0.15, 0.2) is 18.3 Å². The zero-order valence-electron chi connectivity index (χ0n) is 9.59. The lowest BCUT2D eigenvalue weighted by atomic mass is 10.2.